The van der Waals surface area contributed by atoms with Crippen LogP contribution in [0.25, 0.3) is 0 Å². The van der Waals surface area contributed by atoms with Crippen molar-refractivity contribution in [1.82, 2.24) is 4.90 Å². The Morgan fingerprint density at radius 2 is 2.30 bits per heavy atom. The molecular formula is C8H16N2. The van der Waals surface area contributed by atoms with Crippen LogP contribution in [0.4, 0.5) is 0 Å². The lowest BCUT2D eigenvalue weighted by Crippen LogP contribution is -2.34. The van der Waals surface area contributed by atoms with Gasteiger partial charge in [0.25, 0.3) is 0 Å². The molecule has 0 aromatic rings. The second-order valence-corrected chi connectivity index (χ2v) is 3.16. The summed E-state index contributed by atoms with van der Waals surface area (Å²) in [5, 5.41) is 0. The molecule has 1 unspecified atom stereocenters. The van der Waals surface area contributed by atoms with E-state index in [4.69, 9.17) is 0 Å². The highest BCUT2D eigenvalue weighted by molar-refractivity contribution is 5.82. The van der Waals surface area contributed by atoms with Crippen molar-refractivity contribution in [2.45, 2.75) is 19.8 Å². The van der Waals surface area contributed by atoms with Gasteiger partial charge in [-0.15, -0.1) is 0 Å². The second-order valence-electron chi connectivity index (χ2n) is 3.16. The fraction of sp³-hybridized carbons (Fsp3) is 0.875. The molecule has 58 valence electrons. The summed E-state index contributed by atoms with van der Waals surface area (Å²) < 4.78 is 0. The topological polar surface area (TPSA) is 15.6 Å². The Balaban J connectivity index is 2.54. The number of hydrogen-bond donors (Lipinski definition) is 0. The second kappa shape index (κ2) is 3.04. The third-order valence-electron chi connectivity index (χ3n) is 2.19. The van der Waals surface area contributed by atoms with E-state index >= 15 is 0 Å². The molecule has 0 radical (unpaired) electrons. The Bertz CT molecular complexity index is 140. The monoisotopic (exact) mass is 140 g/mol. The Morgan fingerprint density at radius 1 is 1.60 bits per heavy atom. The molecule has 2 nitrogen and oxygen atoms in total. The van der Waals surface area contributed by atoms with Crippen molar-refractivity contribution >= 4 is 5.84 Å². The maximum atomic E-state index is 4.22. The Labute approximate surface area is 62.9 Å². The highest BCUT2D eigenvalue weighted by Gasteiger charge is 2.16. The van der Waals surface area contributed by atoms with E-state index in [0.29, 0.717) is 0 Å². The summed E-state index contributed by atoms with van der Waals surface area (Å²) in [6.07, 6.45) is 2.47. The molecule has 1 saturated heterocycles. The Kier molecular flexibility index (Phi) is 2.30. The third-order valence-corrected chi connectivity index (χ3v) is 2.19. The molecule has 1 rings (SSSR count). The van der Waals surface area contributed by atoms with Crippen LogP contribution >= 0.6 is 0 Å². The Morgan fingerprint density at radius 3 is 2.80 bits per heavy atom. The zero-order chi connectivity index (χ0) is 7.56. The van der Waals surface area contributed by atoms with Crippen molar-refractivity contribution in [2.24, 2.45) is 10.9 Å². The fourth-order valence-corrected chi connectivity index (χ4v) is 1.37. The van der Waals surface area contributed by atoms with Gasteiger partial charge in [0.05, 0.1) is 5.84 Å². The van der Waals surface area contributed by atoms with Crippen molar-refractivity contribution in [2.75, 3.05) is 20.6 Å². The van der Waals surface area contributed by atoms with Gasteiger partial charge in [-0.25, -0.2) is 0 Å². The zero-order valence-corrected chi connectivity index (χ0v) is 7.09. The van der Waals surface area contributed by atoms with Crippen LogP contribution in [-0.2, 0) is 0 Å². The van der Waals surface area contributed by atoms with E-state index in [-0.39, 0.29) is 0 Å². The number of rotatable bonds is 0. The maximum absolute atomic E-state index is 4.22. The predicted molar refractivity (Wildman–Crippen MR) is 44.4 cm³/mol. The third kappa shape index (κ3) is 1.49. The van der Waals surface area contributed by atoms with Crippen LogP contribution in [0.5, 0.6) is 0 Å². The predicted octanol–water partition coefficient (Wildman–Crippen LogP) is 1.38. The highest BCUT2D eigenvalue weighted by Crippen LogP contribution is 2.16. The van der Waals surface area contributed by atoms with Crippen LogP contribution in [-0.4, -0.2) is 31.4 Å². The molecule has 0 saturated carbocycles. The van der Waals surface area contributed by atoms with E-state index in [2.05, 4.69) is 23.9 Å². The van der Waals surface area contributed by atoms with Gasteiger partial charge in [0.1, 0.15) is 0 Å². The van der Waals surface area contributed by atoms with Crippen molar-refractivity contribution in [3.8, 4) is 0 Å². The van der Waals surface area contributed by atoms with Crippen molar-refractivity contribution in [1.29, 1.82) is 0 Å². The molecule has 1 aliphatic heterocycles. The van der Waals surface area contributed by atoms with E-state index in [0.717, 1.165) is 12.3 Å². The number of likely N-dealkylation sites (tertiary alicyclic amines) is 1. The normalized spacial score (nSPS) is 31.3. The first-order valence-corrected chi connectivity index (χ1v) is 3.91. The van der Waals surface area contributed by atoms with E-state index < -0.39 is 0 Å². The van der Waals surface area contributed by atoms with Crippen LogP contribution in [0.2, 0.25) is 0 Å². The summed E-state index contributed by atoms with van der Waals surface area (Å²) in [7, 11) is 4.00. The Hall–Kier alpha value is -0.530. The average molecular weight is 140 g/mol. The van der Waals surface area contributed by atoms with Crippen LogP contribution in [0.1, 0.15) is 19.8 Å². The summed E-state index contributed by atoms with van der Waals surface area (Å²) in [4.78, 5) is 6.47. The smallest absolute Gasteiger partial charge is 0.0985 e. The first kappa shape index (κ1) is 7.58. The molecule has 0 aromatic heterocycles. The minimum absolute atomic E-state index is 0.829. The van der Waals surface area contributed by atoms with E-state index in [1.165, 1.54) is 18.8 Å². The lowest BCUT2D eigenvalue weighted by atomic mass is 9.99. The van der Waals surface area contributed by atoms with Crippen LogP contribution in [0.15, 0.2) is 4.99 Å². The van der Waals surface area contributed by atoms with Gasteiger partial charge in [-0.1, -0.05) is 6.92 Å². The van der Waals surface area contributed by atoms with E-state index in [1.807, 2.05) is 7.05 Å². The standard InChI is InChI=1S/C8H16N2/c1-7-4-5-10(3)8(6-7)9-2/h7H,4-6H2,1-3H3. The molecule has 0 aromatic carbocycles. The molecule has 1 fully saturated rings. The molecule has 0 bridgehead atoms. The van der Waals surface area contributed by atoms with Gasteiger partial charge in [-0.2, -0.15) is 0 Å². The van der Waals surface area contributed by atoms with Gasteiger partial charge in [0.15, 0.2) is 0 Å². The van der Waals surface area contributed by atoms with Gasteiger partial charge in [-0.3, -0.25) is 4.99 Å². The summed E-state index contributed by atoms with van der Waals surface area (Å²) >= 11 is 0. The molecule has 1 atom stereocenters. The SMILES string of the molecule is CN=C1CC(C)CCN1C. The van der Waals surface area contributed by atoms with Gasteiger partial charge < -0.3 is 4.90 Å². The molecule has 0 aliphatic carbocycles. The molecule has 2 heteroatoms. The molecule has 1 heterocycles. The molecule has 0 N–H and O–H groups in total. The molecule has 0 spiro atoms. The number of amidine groups is 1. The molecular weight excluding hydrogens is 124 g/mol. The number of piperidine rings is 1. The summed E-state index contributed by atoms with van der Waals surface area (Å²) in [5.74, 6) is 2.09. The van der Waals surface area contributed by atoms with Gasteiger partial charge in [0, 0.05) is 27.1 Å². The van der Waals surface area contributed by atoms with E-state index in [1.54, 1.807) is 0 Å². The van der Waals surface area contributed by atoms with E-state index in [9.17, 15) is 0 Å². The van der Waals surface area contributed by atoms with Crippen molar-refractivity contribution in [3.63, 3.8) is 0 Å². The van der Waals surface area contributed by atoms with Crippen molar-refractivity contribution in [3.05, 3.63) is 0 Å². The lowest BCUT2D eigenvalue weighted by Gasteiger charge is -2.29. The molecule has 0 amide bonds. The fourth-order valence-electron chi connectivity index (χ4n) is 1.37. The maximum Gasteiger partial charge on any atom is 0.0985 e. The first-order chi connectivity index (χ1) is 4.74. The van der Waals surface area contributed by atoms with Gasteiger partial charge in [0.2, 0.25) is 0 Å². The minimum Gasteiger partial charge on any atom is -0.363 e. The summed E-state index contributed by atoms with van der Waals surface area (Å²) in [6, 6.07) is 0. The summed E-state index contributed by atoms with van der Waals surface area (Å²) in [5.41, 5.74) is 0. The lowest BCUT2D eigenvalue weighted by molar-refractivity contribution is 0.368. The van der Waals surface area contributed by atoms with Crippen LogP contribution in [0, 0.1) is 5.92 Å². The number of hydrogen-bond acceptors (Lipinski definition) is 1. The highest BCUT2D eigenvalue weighted by atomic mass is 15.2. The quantitative estimate of drug-likeness (QED) is 0.496. The summed E-state index contributed by atoms with van der Waals surface area (Å²) in [6.45, 7) is 3.46. The van der Waals surface area contributed by atoms with Gasteiger partial charge >= 0.3 is 0 Å². The number of nitrogens with zero attached hydrogens (tertiary/aromatic N) is 2. The van der Waals surface area contributed by atoms with Crippen LogP contribution < -0.4 is 0 Å². The molecule has 1 aliphatic rings. The van der Waals surface area contributed by atoms with Crippen LogP contribution in [0.3, 0.4) is 0 Å². The first-order valence-electron chi connectivity index (χ1n) is 3.91. The number of aliphatic imine (C=N–C) groups is 1. The molecule has 10 heavy (non-hydrogen) atoms. The van der Waals surface area contributed by atoms with Crippen molar-refractivity contribution < 1.29 is 0 Å². The average Bonchev–Trinajstić information content (AvgIpc) is 1.94. The zero-order valence-electron chi connectivity index (χ0n) is 7.09. The minimum atomic E-state index is 0.829. The van der Waals surface area contributed by atoms with Gasteiger partial charge in [-0.05, 0) is 12.3 Å². The largest absolute Gasteiger partial charge is 0.363 e.